The van der Waals surface area contributed by atoms with Gasteiger partial charge >= 0.3 is 6.09 Å². The van der Waals surface area contributed by atoms with Crippen LogP contribution in [0, 0.1) is 0 Å². The number of hydrogen-bond donors (Lipinski definition) is 2. The minimum Gasteiger partial charge on any atom is -0.450 e. The average Bonchev–Trinajstić information content (AvgIpc) is 2.85. The monoisotopic (exact) mass is 298 g/mol. The van der Waals surface area contributed by atoms with Crippen LogP contribution in [0.2, 0.25) is 0 Å². The third-order valence-electron chi connectivity index (χ3n) is 3.05. The molecule has 0 aliphatic carbocycles. The Morgan fingerprint density at radius 3 is 3.10 bits per heavy atom. The van der Waals surface area contributed by atoms with Crippen LogP contribution in [-0.4, -0.2) is 47.6 Å². The van der Waals surface area contributed by atoms with Gasteiger partial charge in [0.1, 0.15) is 5.69 Å². The number of nitrogen functional groups attached to an aromatic ring is 1. The second-order valence-electron chi connectivity index (χ2n) is 4.53. The number of rotatable bonds is 3. The number of carbonyl (C=O) groups excluding carboxylic acids is 2. The maximum absolute atomic E-state index is 12.2. The minimum absolute atomic E-state index is 0.0808. The Kier molecular flexibility index (Phi) is 4.78. The molecule has 1 saturated heterocycles. The Bertz CT molecular complexity index is 491. The standard InChI is InChI=1S/C12H18N4O3S/c1-2-19-12(18)14-8-4-3-5-16(6-8)10(17)9-7-20-11(13)15-9/h7-8H,2-6H2,1H3,(H2,13,15)(H,14,18). The summed E-state index contributed by atoms with van der Waals surface area (Å²) < 4.78 is 4.85. The van der Waals surface area contributed by atoms with Crippen molar-refractivity contribution in [3.05, 3.63) is 11.1 Å². The summed E-state index contributed by atoms with van der Waals surface area (Å²) in [5.41, 5.74) is 5.90. The van der Waals surface area contributed by atoms with Crippen molar-refractivity contribution in [3.8, 4) is 0 Å². The van der Waals surface area contributed by atoms with Crippen molar-refractivity contribution in [1.29, 1.82) is 0 Å². The molecule has 20 heavy (non-hydrogen) atoms. The van der Waals surface area contributed by atoms with Crippen molar-refractivity contribution in [3.63, 3.8) is 0 Å². The Morgan fingerprint density at radius 1 is 1.65 bits per heavy atom. The van der Waals surface area contributed by atoms with E-state index in [2.05, 4.69) is 10.3 Å². The summed E-state index contributed by atoms with van der Waals surface area (Å²) in [5, 5.41) is 4.80. The molecule has 2 heterocycles. The highest BCUT2D eigenvalue weighted by Crippen LogP contribution is 2.17. The third-order valence-corrected chi connectivity index (χ3v) is 3.72. The zero-order chi connectivity index (χ0) is 14.5. The molecule has 1 atom stereocenters. The lowest BCUT2D eigenvalue weighted by molar-refractivity contribution is 0.0681. The van der Waals surface area contributed by atoms with Gasteiger partial charge in [-0.25, -0.2) is 9.78 Å². The maximum Gasteiger partial charge on any atom is 0.407 e. The van der Waals surface area contributed by atoms with Crippen LogP contribution in [0.3, 0.4) is 0 Å². The highest BCUT2D eigenvalue weighted by Gasteiger charge is 2.26. The lowest BCUT2D eigenvalue weighted by Gasteiger charge is -2.32. The zero-order valence-electron chi connectivity index (χ0n) is 11.3. The molecule has 1 aliphatic rings. The quantitative estimate of drug-likeness (QED) is 0.870. The molecule has 7 nitrogen and oxygen atoms in total. The SMILES string of the molecule is CCOC(=O)NC1CCCN(C(=O)c2csc(N)n2)C1. The summed E-state index contributed by atoms with van der Waals surface area (Å²) in [6.45, 7) is 3.22. The predicted octanol–water partition coefficient (Wildman–Crippen LogP) is 1.08. The highest BCUT2D eigenvalue weighted by molar-refractivity contribution is 7.13. The van der Waals surface area contributed by atoms with Crippen LogP contribution in [-0.2, 0) is 4.74 Å². The number of ether oxygens (including phenoxy) is 1. The molecule has 110 valence electrons. The van der Waals surface area contributed by atoms with Gasteiger partial charge in [0.25, 0.3) is 5.91 Å². The first-order chi connectivity index (χ1) is 9.60. The fourth-order valence-corrected chi connectivity index (χ4v) is 2.70. The van der Waals surface area contributed by atoms with E-state index in [1.807, 2.05) is 0 Å². The van der Waals surface area contributed by atoms with Crippen LogP contribution < -0.4 is 11.1 Å². The molecule has 1 unspecified atom stereocenters. The van der Waals surface area contributed by atoms with Crippen LogP contribution in [0.5, 0.6) is 0 Å². The van der Waals surface area contributed by atoms with Gasteiger partial charge in [-0.3, -0.25) is 4.79 Å². The van der Waals surface area contributed by atoms with Gasteiger partial charge in [-0.15, -0.1) is 11.3 Å². The summed E-state index contributed by atoms with van der Waals surface area (Å²) in [6, 6.07) is -0.0808. The van der Waals surface area contributed by atoms with E-state index < -0.39 is 6.09 Å². The van der Waals surface area contributed by atoms with E-state index >= 15 is 0 Å². The molecule has 1 aromatic rings. The van der Waals surface area contributed by atoms with E-state index in [0.717, 1.165) is 12.8 Å². The molecule has 1 fully saturated rings. The summed E-state index contributed by atoms with van der Waals surface area (Å²) in [5.74, 6) is -0.145. The van der Waals surface area contributed by atoms with Gasteiger partial charge in [-0.1, -0.05) is 0 Å². The third kappa shape index (κ3) is 3.60. The molecule has 8 heteroatoms. The number of amides is 2. The van der Waals surface area contributed by atoms with Crippen LogP contribution in [0.25, 0.3) is 0 Å². The average molecular weight is 298 g/mol. The molecule has 1 aromatic heterocycles. The molecular weight excluding hydrogens is 280 g/mol. The van der Waals surface area contributed by atoms with Gasteiger partial charge in [0.2, 0.25) is 0 Å². The fourth-order valence-electron chi connectivity index (χ4n) is 2.17. The van der Waals surface area contributed by atoms with Crippen molar-refractivity contribution in [2.75, 3.05) is 25.4 Å². The van der Waals surface area contributed by atoms with Crippen LogP contribution in [0.15, 0.2) is 5.38 Å². The fraction of sp³-hybridized carbons (Fsp3) is 0.583. The molecule has 3 N–H and O–H groups in total. The second-order valence-corrected chi connectivity index (χ2v) is 5.42. The van der Waals surface area contributed by atoms with E-state index in [1.54, 1.807) is 17.2 Å². The number of nitrogens with one attached hydrogen (secondary N) is 1. The largest absolute Gasteiger partial charge is 0.450 e. The number of anilines is 1. The first-order valence-electron chi connectivity index (χ1n) is 6.53. The molecule has 0 spiro atoms. The van der Waals surface area contributed by atoms with Crippen molar-refractivity contribution in [1.82, 2.24) is 15.2 Å². The lowest BCUT2D eigenvalue weighted by Crippen LogP contribution is -2.49. The summed E-state index contributed by atoms with van der Waals surface area (Å²) in [7, 11) is 0. The predicted molar refractivity (Wildman–Crippen MR) is 75.6 cm³/mol. The van der Waals surface area contributed by atoms with Crippen molar-refractivity contribution in [2.24, 2.45) is 0 Å². The molecule has 2 amide bonds. The molecule has 0 saturated carbocycles. The van der Waals surface area contributed by atoms with Gasteiger partial charge in [-0.05, 0) is 19.8 Å². The number of alkyl carbamates (subject to hydrolysis) is 1. The lowest BCUT2D eigenvalue weighted by atomic mass is 10.1. The van der Waals surface area contributed by atoms with E-state index in [-0.39, 0.29) is 11.9 Å². The zero-order valence-corrected chi connectivity index (χ0v) is 12.1. The van der Waals surface area contributed by atoms with Gasteiger partial charge in [0, 0.05) is 24.5 Å². The highest BCUT2D eigenvalue weighted by atomic mass is 32.1. The van der Waals surface area contributed by atoms with Crippen LogP contribution >= 0.6 is 11.3 Å². The van der Waals surface area contributed by atoms with Crippen molar-refractivity contribution >= 4 is 28.5 Å². The van der Waals surface area contributed by atoms with Gasteiger partial charge in [0.15, 0.2) is 5.13 Å². The number of thiazole rings is 1. The maximum atomic E-state index is 12.2. The van der Waals surface area contributed by atoms with Gasteiger partial charge in [-0.2, -0.15) is 0 Å². The van der Waals surface area contributed by atoms with Gasteiger partial charge < -0.3 is 20.7 Å². The van der Waals surface area contributed by atoms with Crippen molar-refractivity contribution in [2.45, 2.75) is 25.8 Å². The number of nitrogens with zero attached hydrogens (tertiary/aromatic N) is 2. The molecule has 1 aliphatic heterocycles. The number of piperidine rings is 1. The van der Waals surface area contributed by atoms with E-state index in [9.17, 15) is 9.59 Å². The van der Waals surface area contributed by atoms with E-state index in [4.69, 9.17) is 10.5 Å². The topological polar surface area (TPSA) is 97.5 Å². The Balaban J connectivity index is 1.93. The minimum atomic E-state index is -0.440. The summed E-state index contributed by atoms with van der Waals surface area (Å²) in [4.78, 5) is 29.3. The van der Waals surface area contributed by atoms with Crippen LogP contribution in [0.1, 0.15) is 30.3 Å². The number of hydrogen-bond acceptors (Lipinski definition) is 6. The molecule has 0 radical (unpaired) electrons. The van der Waals surface area contributed by atoms with Gasteiger partial charge in [0.05, 0.1) is 6.61 Å². The summed E-state index contributed by atoms with van der Waals surface area (Å²) in [6.07, 6.45) is 1.23. The number of carbonyl (C=O) groups is 2. The molecule has 2 rings (SSSR count). The Morgan fingerprint density at radius 2 is 2.45 bits per heavy atom. The molecular formula is C12H18N4O3S. The Hall–Kier alpha value is -1.83. The molecule has 0 bridgehead atoms. The van der Waals surface area contributed by atoms with E-state index in [1.165, 1.54) is 11.3 Å². The smallest absolute Gasteiger partial charge is 0.407 e. The first kappa shape index (κ1) is 14.6. The number of likely N-dealkylation sites (tertiary alicyclic amines) is 1. The number of nitrogens with two attached hydrogens (primary N) is 1. The van der Waals surface area contributed by atoms with Crippen LogP contribution in [0.4, 0.5) is 9.93 Å². The van der Waals surface area contributed by atoms with Crippen molar-refractivity contribution < 1.29 is 14.3 Å². The van der Waals surface area contributed by atoms with E-state index in [0.29, 0.717) is 30.5 Å². The summed E-state index contributed by atoms with van der Waals surface area (Å²) >= 11 is 1.24. The normalized spacial score (nSPS) is 18.6. The molecule has 0 aromatic carbocycles. The second kappa shape index (κ2) is 6.56. The number of aromatic nitrogens is 1. The first-order valence-corrected chi connectivity index (χ1v) is 7.41. The Labute approximate surface area is 121 Å².